The molecule has 0 aliphatic rings. The molecule has 0 aliphatic carbocycles. The molecule has 0 bridgehead atoms. The number of carbonyl (C=O) groups excluding carboxylic acids is 1. The van der Waals surface area contributed by atoms with Crippen molar-refractivity contribution in [3.05, 3.63) is 18.0 Å². The Morgan fingerprint density at radius 1 is 1.64 bits per heavy atom. The van der Waals surface area contributed by atoms with Gasteiger partial charge in [-0.1, -0.05) is 0 Å². The Hall–Kier alpha value is -1.85. The van der Waals surface area contributed by atoms with Crippen LogP contribution in [0.1, 0.15) is 17.4 Å². The standard InChI is InChI=1S/C8H11N3O3/c1-5(8(13)14)10-7(12)6-3-4-9-11(6)2/h3-5H,1-2H3,(H,10,12)(H,13,14)/t5-/m1/s1. The first-order chi connectivity index (χ1) is 6.52. The van der Waals surface area contributed by atoms with Crippen molar-refractivity contribution in [1.29, 1.82) is 0 Å². The van der Waals surface area contributed by atoms with Gasteiger partial charge in [-0.05, 0) is 13.0 Å². The van der Waals surface area contributed by atoms with Crippen LogP contribution in [-0.4, -0.2) is 32.8 Å². The van der Waals surface area contributed by atoms with Gasteiger partial charge in [0.2, 0.25) is 0 Å². The fourth-order valence-electron chi connectivity index (χ4n) is 0.929. The van der Waals surface area contributed by atoms with Gasteiger partial charge in [0.05, 0.1) is 0 Å². The molecule has 0 saturated heterocycles. The number of nitrogens with one attached hydrogen (secondary N) is 1. The van der Waals surface area contributed by atoms with E-state index in [0.717, 1.165) is 0 Å². The Bertz CT molecular complexity index is 358. The van der Waals surface area contributed by atoms with Crippen molar-refractivity contribution in [1.82, 2.24) is 15.1 Å². The second kappa shape index (κ2) is 3.91. The van der Waals surface area contributed by atoms with Crippen molar-refractivity contribution in [2.75, 3.05) is 0 Å². The largest absolute Gasteiger partial charge is 0.480 e. The third-order valence-electron chi connectivity index (χ3n) is 1.77. The Labute approximate surface area is 80.5 Å². The molecule has 1 rings (SSSR count). The van der Waals surface area contributed by atoms with E-state index in [0.29, 0.717) is 5.69 Å². The van der Waals surface area contributed by atoms with E-state index in [2.05, 4.69) is 10.4 Å². The van der Waals surface area contributed by atoms with Gasteiger partial charge in [0.15, 0.2) is 0 Å². The van der Waals surface area contributed by atoms with Gasteiger partial charge in [0.1, 0.15) is 11.7 Å². The van der Waals surface area contributed by atoms with Crippen LogP contribution in [0, 0.1) is 0 Å². The minimum absolute atomic E-state index is 0.332. The molecule has 2 N–H and O–H groups in total. The number of rotatable bonds is 3. The van der Waals surface area contributed by atoms with Crippen LogP contribution in [0.2, 0.25) is 0 Å². The molecule has 1 aromatic heterocycles. The van der Waals surface area contributed by atoms with Crippen molar-refractivity contribution < 1.29 is 14.7 Å². The highest BCUT2D eigenvalue weighted by molar-refractivity contribution is 5.94. The Balaban J connectivity index is 2.69. The minimum Gasteiger partial charge on any atom is -0.480 e. The molecule has 0 saturated carbocycles. The van der Waals surface area contributed by atoms with Crippen molar-refractivity contribution >= 4 is 11.9 Å². The molecule has 0 spiro atoms. The van der Waals surface area contributed by atoms with Gasteiger partial charge in [-0.2, -0.15) is 5.10 Å². The fourth-order valence-corrected chi connectivity index (χ4v) is 0.929. The molecule has 0 unspecified atom stereocenters. The molecule has 0 fully saturated rings. The van der Waals surface area contributed by atoms with Gasteiger partial charge < -0.3 is 10.4 Å². The second-order valence-electron chi connectivity index (χ2n) is 2.87. The van der Waals surface area contributed by atoms with Crippen LogP contribution in [0.25, 0.3) is 0 Å². The lowest BCUT2D eigenvalue weighted by Crippen LogP contribution is -2.39. The van der Waals surface area contributed by atoms with Crippen molar-refractivity contribution in [2.24, 2.45) is 7.05 Å². The normalized spacial score (nSPS) is 12.1. The fraction of sp³-hybridized carbons (Fsp3) is 0.375. The van der Waals surface area contributed by atoms with Gasteiger partial charge in [-0.15, -0.1) is 0 Å². The average Bonchev–Trinajstić information content (AvgIpc) is 2.51. The lowest BCUT2D eigenvalue weighted by atomic mass is 10.3. The molecule has 0 aromatic carbocycles. The number of carboxylic acid groups (broad SMARTS) is 1. The highest BCUT2D eigenvalue weighted by Crippen LogP contribution is 1.96. The molecular weight excluding hydrogens is 186 g/mol. The molecule has 14 heavy (non-hydrogen) atoms. The summed E-state index contributed by atoms with van der Waals surface area (Å²) in [4.78, 5) is 21.9. The quantitative estimate of drug-likeness (QED) is 0.692. The third-order valence-corrected chi connectivity index (χ3v) is 1.77. The summed E-state index contributed by atoms with van der Waals surface area (Å²) >= 11 is 0. The number of aliphatic carboxylic acids is 1. The molecular formula is C8H11N3O3. The Morgan fingerprint density at radius 3 is 2.71 bits per heavy atom. The molecule has 76 valence electrons. The maximum atomic E-state index is 11.4. The number of aromatic nitrogens is 2. The van der Waals surface area contributed by atoms with Crippen molar-refractivity contribution in [2.45, 2.75) is 13.0 Å². The summed E-state index contributed by atoms with van der Waals surface area (Å²) in [5.41, 5.74) is 0.332. The molecule has 0 radical (unpaired) electrons. The lowest BCUT2D eigenvalue weighted by Gasteiger charge is -2.08. The molecule has 6 nitrogen and oxygen atoms in total. The van der Waals surface area contributed by atoms with E-state index in [4.69, 9.17) is 5.11 Å². The van der Waals surface area contributed by atoms with Crippen molar-refractivity contribution in [3.63, 3.8) is 0 Å². The van der Waals surface area contributed by atoms with E-state index in [1.54, 1.807) is 7.05 Å². The highest BCUT2D eigenvalue weighted by atomic mass is 16.4. The van der Waals surface area contributed by atoms with Gasteiger partial charge in [-0.25, -0.2) is 0 Å². The predicted molar refractivity (Wildman–Crippen MR) is 47.8 cm³/mol. The Kier molecular flexibility index (Phi) is 2.85. The highest BCUT2D eigenvalue weighted by Gasteiger charge is 2.16. The number of hydrogen-bond donors (Lipinski definition) is 2. The van der Waals surface area contributed by atoms with Crippen LogP contribution in [0.15, 0.2) is 12.3 Å². The number of carbonyl (C=O) groups is 2. The molecule has 1 amide bonds. The van der Waals surface area contributed by atoms with Gasteiger partial charge >= 0.3 is 5.97 Å². The van der Waals surface area contributed by atoms with Crippen LogP contribution in [0.3, 0.4) is 0 Å². The van der Waals surface area contributed by atoms with Crippen LogP contribution < -0.4 is 5.32 Å². The van der Waals surface area contributed by atoms with Gasteiger partial charge in [-0.3, -0.25) is 14.3 Å². The number of nitrogens with zero attached hydrogens (tertiary/aromatic N) is 2. The minimum atomic E-state index is -1.07. The molecule has 6 heteroatoms. The van der Waals surface area contributed by atoms with Crippen LogP contribution >= 0.6 is 0 Å². The summed E-state index contributed by atoms with van der Waals surface area (Å²) in [6.07, 6.45) is 1.47. The molecule has 0 aliphatic heterocycles. The van der Waals surface area contributed by atoms with Crippen molar-refractivity contribution in [3.8, 4) is 0 Å². The van der Waals surface area contributed by atoms with Gasteiger partial charge in [0, 0.05) is 13.2 Å². The zero-order valence-electron chi connectivity index (χ0n) is 7.89. The predicted octanol–water partition coefficient (Wildman–Crippen LogP) is -0.377. The van der Waals surface area contributed by atoms with E-state index in [-0.39, 0.29) is 0 Å². The van der Waals surface area contributed by atoms with Crippen LogP contribution in [-0.2, 0) is 11.8 Å². The SMILES string of the molecule is C[C@@H](NC(=O)c1ccnn1C)C(=O)O. The number of carboxylic acids is 1. The zero-order chi connectivity index (χ0) is 10.7. The maximum absolute atomic E-state index is 11.4. The summed E-state index contributed by atoms with van der Waals surface area (Å²) in [5, 5.41) is 14.7. The van der Waals surface area contributed by atoms with E-state index in [1.807, 2.05) is 0 Å². The van der Waals surface area contributed by atoms with E-state index < -0.39 is 17.9 Å². The van der Waals surface area contributed by atoms with Crippen LogP contribution in [0.4, 0.5) is 0 Å². The summed E-state index contributed by atoms with van der Waals surface area (Å²) in [7, 11) is 1.61. The lowest BCUT2D eigenvalue weighted by molar-refractivity contribution is -0.138. The first kappa shape index (κ1) is 10.2. The second-order valence-corrected chi connectivity index (χ2v) is 2.87. The Morgan fingerprint density at radius 2 is 2.29 bits per heavy atom. The number of aryl methyl sites for hydroxylation is 1. The van der Waals surface area contributed by atoms with Crippen LogP contribution in [0.5, 0.6) is 0 Å². The van der Waals surface area contributed by atoms with E-state index in [9.17, 15) is 9.59 Å². The maximum Gasteiger partial charge on any atom is 0.325 e. The molecule has 1 atom stereocenters. The molecule has 1 aromatic rings. The third kappa shape index (κ3) is 2.09. The topological polar surface area (TPSA) is 84.2 Å². The van der Waals surface area contributed by atoms with E-state index >= 15 is 0 Å². The summed E-state index contributed by atoms with van der Waals surface area (Å²) in [6.45, 7) is 1.40. The smallest absolute Gasteiger partial charge is 0.325 e. The summed E-state index contributed by atoms with van der Waals surface area (Å²) < 4.78 is 1.38. The number of hydrogen-bond acceptors (Lipinski definition) is 3. The van der Waals surface area contributed by atoms with E-state index in [1.165, 1.54) is 23.9 Å². The summed E-state index contributed by atoms with van der Waals surface area (Å²) in [6, 6.07) is 0.613. The molecule has 1 heterocycles. The summed E-state index contributed by atoms with van der Waals surface area (Å²) in [5.74, 6) is -1.51. The first-order valence-electron chi connectivity index (χ1n) is 4.04. The number of amides is 1. The average molecular weight is 197 g/mol. The zero-order valence-corrected chi connectivity index (χ0v) is 7.89. The van der Waals surface area contributed by atoms with Gasteiger partial charge in [0.25, 0.3) is 5.91 Å². The first-order valence-corrected chi connectivity index (χ1v) is 4.04. The monoisotopic (exact) mass is 197 g/mol.